The topological polar surface area (TPSA) is 118 Å². The average molecular weight is 375 g/mol. The van der Waals surface area contributed by atoms with Crippen molar-refractivity contribution < 1.29 is 13.3 Å². The lowest BCUT2D eigenvalue weighted by Gasteiger charge is -2.09. The summed E-state index contributed by atoms with van der Waals surface area (Å²) in [6, 6.07) is 3.77. The molecule has 0 spiro atoms. The maximum absolute atomic E-state index is 12.3. The Kier molecular flexibility index (Phi) is 4.01. The smallest absolute Gasteiger partial charge is 0.270 e. The summed E-state index contributed by atoms with van der Waals surface area (Å²) in [7, 11) is -3.83. The van der Waals surface area contributed by atoms with E-state index in [9.17, 15) is 18.5 Å². The number of anilines is 1. The van der Waals surface area contributed by atoms with E-state index in [-0.39, 0.29) is 20.7 Å². The quantitative estimate of drug-likeness (QED) is 0.629. The van der Waals surface area contributed by atoms with E-state index in [4.69, 9.17) is 0 Å². The molecule has 1 aromatic carbocycles. The first-order chi connectivity index (χ1) is 9.72. The Labute approximate surface area is 128 Å². The first-order valence-electron chi connectivity index (χ1n) is 5.70. The van der Waals surface area contributed by atoms with Gasteiger partial charge in [0.1, 0.15) is 4.90 Å². The monoisotopic (exact) mass is 374 g/mol. The Hall–Kier alpha value is -1.94. The molecule has 10 heteroatoms. The number of benzene rings is 1. The molecule has 21 heavy (non-hydrogen) atoms. The van der Waals surface area contributed by atoms with Crippen LogP contribution in [0.3, 0.4) is 0 Å². The molecule has 0 radical (unpaired) electrons. The largest absolute Gasteiger partial charge is 0.281 e. The van der Waals surface area contributed by atoms with E-state index in [0.717, 1.165) is 0 Å². The Balaban J connectivity index is 2.40. The van der Waals surface area contributed by atoms with Crippen molar-refractivity contribution in [1.29, 1.82) is 0 Å². The van der Waals surface area contributed by atoms with Gasteiger partial charge < -0.3 is 0 Å². The number of halogens is 1. The molecule has 1 aromatic heterocycles. The van der Waals surface area contributed by atoms with Crippen molar-refractivity contribution in [2.75, 3.05) is 4.72 Å². The molecule has 0 bridgehead atoms. The SMILES string of the molecule is Cc1n[nH]c(C)c1S(=O)(=O)Nc1ccc([N+](=O)[O-])cc1Br. The second-order valence-electron chi connectivity index (χ2n) is 4.29. The van der Waals surface area contributed by atoms with Crippen molar-refractivity contribution in [3.8, 4) is 0 Å². The van der Waals surface area contributed by atoms with E-state index >= 15 is 0 Å². The van der Waals surface area contributed by atoms with E-state index in [1.54, 1.807) is 13.8 Å². The minimum absolute atomic E-state index is 0.0627. The minimum atomic E-state index is -3.83. The highest BCUT2D eigenvalue weighted by Gasteiger charge is 2.23. The zero-order chi connectivity index (χ0) is 15.8. The maximum atomic E-state index is 12.3. The lowest BCUT2D eigenvalue weighted by molar-refractivity contribution is -0.384. The molecule has 2 N–H and O–H groups in total. The van der Waals surface area contributed by atoms with E-state index in [1.165, 1.54) is 18.2 Å². The predicted octanol–water partition coefficient (Wildman–Crippen LogP) is 2.50. The average Bonchev–Trinajstić information content (AvgIpc) is 2.71. The number of nitro benzene ring substituents is 1. The van der Waals surface area contributed by atoms with Gasteiger partial charge in [0, 0.05) is 16.6 Å². The van der Waals surface area contributed by atoms with Gasteiger partial charge in [-0.05, 0) is 35.8 Å². The van der Waals surface area contributed by atoms with Crippen LogP contribution in [0.5, 0.6) is 0 Å². The number of rotatable bonds is 4. The van der Waals surface area contributed by atoms with Crippen LogP contribution in [0.4, 0.5) is 11.4 Å². The second-order valence-corrected chi connectivity index (χ2v) is 6.76. The van der Waals surface area contributed by atoms with Gasteiger partial charge in [-0.25, -0.2) is 8.42 Å². The second kappa shape index (κ2) is 5.45. The van der Waals surface area contributed by atoms with Crippen molar-refractivity contribution in [2.24, 2.45) is 0 Å². The first kappa shape index (κ1) is 15.4. The van der Waals surface area contributed by atoms with Crippen molar-refractivity contribution in [1.82, 2.24) is 10.2 Å². The molecule has 112 valence electrons. The fraction of sp³-hybridized carbons (Fsp3) is 0.182. The molecule has 0 atom stereocenters. The van der Waals surface area contributed by atoms with Crippen LogP contribution in [-0.4, -0.2) is 23.5 Å². The third-order valence-electron chi connectivity index (χ3n) is 2.74. The lowest BCUT2D eigenvalue weighted by atomic mass is 10.3. The number of H-pyrrole nitrogens is 1. The van der Waals surface area contributed by atoms with Crippen LogP contribution in [0.1, 0.15) is 11.4 Å². The number of aromatic nitrogens is 2. The highest BCUT2D eigenvalue weighted by molar-refractivity contribution is 9.10. The highest BCUT2D eigenvalue weighted by Crippen LogP contribution is 2.29. The number of aryl methyl sites for hydroxylation is 2. The summed E-state index contributed by atoms with van der Waals surface area (Å²) in [5.41, 5.74) is 0.831. The summed E-state index contributed by atoms with van der Waals surface area (Å²) in [6.45, 7) is 3.17. The standard InChI is InChI=1S/C11H11BrN4O4S/c1-6-11(7(2)14-13-6)21(19,20)15-10-4-3-8(16(17)18)5-9(10)12/h3-5,15H,1-2H3,(H,13,14). The lowest BCUT2D eigenvalue weighted by Crippen LogP contribution is -2.15. The molecule has 2 aromatic rings. The summed E-state index contributed by atoms with van der Waals surface area (Å²) < 4.78 is 27.4. The van der Waals surface area contributed by atoms with E-state index in [0.29, 0.717) is 11.4 Å². The molecule has 0 aliphatic heterocycles. The van der Waals surface area contributed by atoms with Gasteiger partial charge in [0.25, 0.3) is 15.7 Å². The molecular formula is C11H11BrN4O4S. The zero-order valence-corrected chi connectivity index (χ0v) is 13.4. The van der Waals surface area contributed by atoms with Gasteiger partial charge >= 0.3 is 0 Å². The molecular weight excluding hydrogens is 364 g/mol. The van der Waals surface area contributed by atoms with Gasteiger partial charge in [-0.3, -0.25) is 19.9 Å². The van der Waals surface area contributed by atoms with Crippen molar-refractivity contribution >= 4 is 37.3 Å². The molecule has 8 nitrogen and oxygen atoms in total. The van der Waals surface area contributed by atoms with Gasteiger partial charge in [0.05, 0.1) is 22.0 Å². The third kappa shape index (κ3) is 3.05. The third-order valence-corrected chi connectivity index (χ3v) is 5.02. The van der Waals surface area contributed by atoms with Crippen molar-refractivity contribution in [3.05, 3.63) is 44.2 Å². The molecule has 0 aliphatic rings. The van der Waals surface area contributed by atoms with Gasteiger partial charge in [0.2, 0.25) is 0 Å². The summed E-state index contributed by atoms with van der Waals surface area (Å²) in [6.07, 6.45) is 0. The van der Waals surface area contributed by atoms with Gasteiger partial charge in [-0.15, -0.1) is 0 Å². The number of nitro groups is 1. The Morgan fingerprint density at radius 1 is 1.38 bits per heavy atom. The van der Waals surface area contributed by atoms with Crippen molar-refractivity contribution in [2.45, 2.75) is 18.7 Å². The number of aromatic amines is 1. The number of nitrogens with zero attached hydrogens (tertiary/aromatic N) is 2. The zero-order valence-electron chi connectivity index (χ0n) is 11.0. The van der Waals surface area contributed by atoms with Crippen LogP contribution >= 0.6 is 15.9 Å². The summed E-state index contributed by atoms with van der Waals surface area (Å²) in [4.78, 5) is 10.2. The normalized spacial score (nSPS) is 11.4. The van der Waals surface area contributed by atoms with Crippen LogP contribution in [0.25, 0.3) is 0 Å². The highest BCUT2D eigenvalue weighted by atomic mass is 79.9. The molecule has 0 saturated carbocycles. The predicted molar refractivity (Wildman–Crippen MR) is 79.7 cm³/mol. The summed E-state index contributed by atoms with van der Waals surface area (Å²) in [5.74, 6) is 0. The molecule has 0 unspecified atom stereocenters. The Bertz CT molecular complexity index is 796. The minimum Gasteiger partial charge on any atom is -0.281 e. The van der Waals surface area contributed by atoms with Crippen LogP contribution in [0.2, 0.25) is 0 Å². The molecule has 0 amide bonds. The van der Waals surface area contributed by atoms with Crippen LogP contribution < -0.4 is 4.72 Å². The van der Waals surface area contributed by atoms with Crippen molar-refractivity contribution in [3.63, 3.8) is 0 Å². The van der Waals surface area contributed by atoms with Crippen LogP contribution in [0.15, 0.2) is 27.6 Å². The van der Waals surface area contributed by atoms with Crippen LogP contribution in [0, 0.1) is 24.0 Å². The molecule has 2 rings (SSSR count). The van der Waals surface area contributed by atoms with Gasteiger partial charge in [-0.1, -0.05) is 0 Å². The van der Waals surface area contributed by atoms with Gasteiger partial charge in [0.15, 0.2) is 0 Å². The maximum Gasteiger partial charge on any atom is 0.270 e. The van der Waals surface area contributed by atoms with Crippen LogP contribution in [-0.2, 0) is 10.0 Å². The van der Waals surface area contributed by atoms with Gasteiger partial charge in [-0.2, -0.15) is 5.10 Å². The number of hydrogen-bond donors (Lipinski definition) is 2. The van der Waals surface area contributed by atoms with E-state index < -0.39 is 14.9 Å². The first-order valence-corrected chi connectivity index (χ1v) is 7.98. The summed E-state index contributed by atoms with van der Waals surface area (Å²) >= 11 is 3.11. The molecule has 1 heterocycles. The van der Waals surface area contributed by atoms with E-state index in [2.05, 4.69) is 30.8 Å². The number of nitrogens with one attached hydrogen (secondary N) is 2. The Morgan fingerprint density at radius 2 is 2.05 bits per heavy atom. The van der Waals surface area contributed by atoms with E-state index in [1.807, 2.05) is 0 Å². The molecule has 0 aliphatic carbocycles. The molecule has 0 saturated heterocycles. The molecule has 0 fully saturated rings. The number of non-ortho nitro benzene ring substituents is 1. The summed E-state index contributed by atoms with van der Waals surface area (Å²) in [5, 5.41) is 17.1. The number of sulfonamides is 1. The number of hydrogen-bond acceptors (Lipinski definition) is 5. The Morgan fingerprint density at radius 3 is 2.52 bits per heavy atom. The fourth-order valence-corrected chi connectivity index (χ4v) is 3.88. The fourth-order valence-electron chi connectivity index (χ4n) is 1.83.